The molecule has 0 radical (unpaired) electrons. The molecule has 0 spiro atoms. The first-order chi connectivity index (χ1) is 12.5. The SMILES string of the molecule is CC(C)=CNN.CNc1nccn2c(C)cnc12.O=Cc1cccnc1. The number of nitrogens with one attached hydrogen (secondary N) is 2. The number of hydrogen-bond donors (Lipinski definition) is 3. The number of pyridine rings is 1. The Kier molecular flexibility index (Phi) is 9.05. The number of aldehydes is 1. The molecule has 3 aromatic rings. The van der Waals surface area contributed by atoms with Crippen LogP contribution in [0.2, 0.25) is 0 Å². The van der Waals surface area contributed by atoms with Crippen molar-refractivity contribution in [3.63, 3.8) is 0 Å². The lowest BCUT2D eigenvalue weighted by molar-refractivity contribution is 0.112. The monoisotopic (exact) mass is 355 g/mol. The van der Waals surface area contributed by atoms with Crippen LogP contribution >= 0.6 is 0 Å². The van der Waals surface area contributed by atoms with Crippen molar-refractivity contribution in [1.29, 1.82) is 0 Å². The van der Waals surface area contributed by atoms with Crippen LogP contribution in [0.3, 0.4) is 0 Å². The molecule has 3 rings (SSSR count). The number of fused-ring (bicyclic) bond motifs is 1. The van der Waals surface area contributed by atoms with E-state index >= 15 is 0 Å². The first kappa shape index (κ1) is 20.8. The molecule has 0 aliphatic carbocycles. The van der Waals surface area contributed by atoms with E-state index < -0.39 is 0 Å². The molecule has 8 heteroatoms. The highest BCUT2D eigenvalue weighted by Gasteiger charge is 2.02. The third-order valence-corrected chi connectivity index (χ3v) is 3.04. The van der Waals surface area contributed by atoms with Crippen molar-refractivity contribution in [3.05, 3.63) is 66.1 Å². The van der Waals surface area contributed by atoms with Crippen LogP contribution in [0.25, 0.3) is 5.65 Å². The van der Waals surface area contributed by atoms with Gasteiger partial charge in [-0.15, -0.1) is 0 Å². The zero-order valence-corrected chi connectivity index (χ0v) is 15.5. The molecule has 0 saturated heterocycles. The minimum Gasteiger partial charge on any atom is -0.370 e. The molecular weight excluding hydrogens is 330 g/mol. The number of rotatable bonds is 3. The molecule has 4 N–H and O–H groups in total. The summed E-state index contributed by atoms with van der Waals surface area (Å²) < 4.78 is 2.00. The molecule has 0 unspecified atom stereocenters. The largest absolute Gasteiger partial charge is 0.370 e. The number of anilines is 1. The molecule has 138 valence electrons. The zero-order valence-electron chi connectivity index (χ0n) is 15.5. The number of carbonyl (C=O) groups excluding carboxylic acids is 1. The number of imidazole rings is 1. The fraction of sp³-hybridized carbons (Fsp3) is 0.222. The minimum atomic E-state index is 0.618. The molecule has 0 saturated carbocycles. The summed E-state index contributed by atoms with van der Waals surface area (Å²) in [5.41, 5.74) is 6.19. The van der Waals surface area contributed by atoms with Crippen molar-refractivity contribution in [2.24, 2.45) is 5.84 Å². The van der Waals surface area contributed by atoms with E-state index in [0.717, 1.165) is 23.4 Å². The highest BCUT2D eigenvalue weighted by molar-refractivity contribution is 5.73. The zero-order chi connectivity index (χ0) is 19.4. The fourth-order valence-corrected chi connectivity index (χ4v) is 1.83. The van der Waals surface area contributed by atoms with Gasteiger partial charge < -0.3 is 10.7 Å². The molecule has 3 aromatic heterocycles. The number of hydrogen-bond acceptors (Lipinski definition) is 7. The maximum Gasteiger partial charge on any atom is 0.180 e. The van der Waals surface area contributed by atoms with E-state index in [1.807, 2.05) is 44.6 Å². The molecular formula is C18H25N7O. The maximum absolute atomic E-state index is 9.97. The second kappa shape index (κ2) is 11.3. The maximum atomic E-state index is 9.97. The van der Waals surface area contributed by atoms with Crippen LogP contribution in [0.15, 0.2) is 54.9 Å². The van der Waals surface area contributed by atoms with Crippen molar-refractivity contribution < 1.29 is 4.79 Å². The van der Waals surface area contributed by atoms with E-state index in [4.69, 9.17) is 5.84 Å². The number of aryl methyl sites for hydroxylation is 1. The number of aromatic nitrogens is 4. The predicted octanol–water partition coefficient (Wildman–Crippen LogP) is 2.35. The standard InChI is InChI=1S/C8H10N4.C6H5NO.C4H10N2/c1-6-5-11-8-7(9-2)10-3-4-12(6)8;8-5-6-2-1-3-7-4-6;1-4(2)3-6-5/h3-5H,1-2H3,(H,9,10);1-5H;3,6H,5H2,1-2H3. The number of nitrogens with zero attached hydrogens (tertiary/aromatic N) is 4. The third kappa shape index (κ3) is 6.70. The Balaban J connectivity index is 0.000000211. The second-order valence-electron chi connectivity index (χ2n) is 5.41. The minimum absolute atomic E-state index is 0.618. The first-order valence-electron chi connectivity index (χ1n) is 7.94. The topological polar surface area (TPSA) is 110 Å². The van der Waals surface area contributed by atoms with Crippen molar-refractivity contribution in [3.8, 4) is 0 Å². The van der Waals surface area contributed by atoms with E-state index in [2.05, 4.69) is 25.7 Å². The number of nitrogens with two attached hydrogens (primary N) is 1. The first-order valence-corrected chi connectivity index (χ1v) is 7.94. The molecule has 0 fully saturated rings. The molecule has 0 atom stereocenters. The lowest BCUT2D eigenvalue weighted by Crippen LogP contribution is -2.13. The Bertz CT molecular complexity index is 824. The molecule has 0 amide bonds. The Morgan fingerprint density at radius 1 is 1.23 bits per heavy atom. The highest BCUT2D eigenvalue weighted by Crippen LogP contribution is 2.12. The van der Waals surface area contributed by atoms with Gasteiger partial charge in [0.1, 0.15) is 0 Å². The van der Waals surface area contributed by atoms with Gasteiger partial charge in [0.05, 0.1) is 0 Å². The van der Waals surface area contributed by atoms with E-state index in [-0.39, 0.29) is 0 Å². The Morgan fingerprint density at radius 3 is 2.46 bits per heavy atom. The highest BCUT2D eigenvalue weighted by atomic mass is 16.1. The molecule has 0 aromatic carbocycles. The smallest absolute Gasteiger partial charge is 0.180 e. The summed E-state index contributed by atoms with van der Waals surface area (Å²) >= 11 is 0. The number of carbonyl (C=O) groups is 1. The van der Waals surface area contributed by atoms with Crippen molar-refractivity contribution in [2.45, 2.75) is 20.8 Å². The van der Waals surface area contributed by atoms with Crippen LogP contribution in [0.4, 0.5) is 5.82 Å². The Morgan fingerprint density at radius 2 is 2.00 bits per heavy atom. The molecule has 26 heavy (non-hydrogen) atoms. The Hall–Kier alpha value is -3.26. The van der Waals surface area contributed by atoms with Gasteiger partial charge in [0, 0.05) is 55.5 Å². The van der Waals surface area contributed by atoms with E-state index in [1.165, 1.54) is 11.8 Å². The van der Waals surface area contributed by atoms with Gasteiger partial charge in [-0.25, -0.2) is 9.97 Å². The quantitative estimate of drug-likeness (QED) is 0.376. The summed E-state index contributed by atoms with van der Waals surface area (Å²) in [5.74, 6) is 5.71. The van der Waals surface area contributed by atoms with E-state index in [9.17, 15) is 4.79 Å². The van der Waals surface area contributed by atoms with Crippen molar-refractivity contribution in [2.75, 3.05) is 12.4 Å². The normalized spacial score (nSPS) is 9.12. The lowest BCUT2D eigenvalue weighted by atomic mass is 10.3. The van der Waals surface area contributed by atoms with Gasteiger partial charge in [-0.3, -0.25) is 20.0 Å². The average molecular weight is 355 g/mol. The van der Waals surface area contributed by atoms with Crippen LogP contribution in [-0.4, -0.2) is 32.7 Å². The van der Waals surface area contributed by atoms with Gasteiger partial charge in [0.25, 0.3) is 0 Å². The summed E-state index contributed by atoms with van der Waals surface area (Å²) in [6.07, 6.45) is 11.1. The summed E-state index contributed by atoms with van der Waals surface area (Å²) in [6, 6.07) is 3.43. The number of hydrazine groups is 1. The second-order valence-corrected chi connectivity index (χ2v) is 5.41. The molecule has 3 heterocycles. The van der Waals surface area contributed by atoms with Gasteiger partial charge in [-0.1, -0.05) is 5.57 Å². The van der Waals surface area contributed by atoms with Crippen LogP contribution < -0.4 is 16.6 Å². The van der Waals surface area contributed by atoms with Crippen LogP contribution in [0, 0.1) is 6.92 Å². The average Bonchev–Trinajstić information content (AvgIpc) is 3.04. The van der Waals surface area contributed by atoms with Gasteiger partial charge in [-0.05, 0) is 32.9 Å². The van der Waals surface area contributed by atoms with Gasteiger partial charge >= 0.3 is 0 Å². The van der Waals surface area contributed by atoms with Crippen LogP contribution in [0.5, 0.6) is 0 Å². The predicted molar refractivity (Wildman–Crippen MR) is 104 cm³/mol. The fourth-order valence-electron chi connectivity index (χ4n) is 1.83. The van der Waals surface area contributed by atoms with Crippen molar-refractivity contribution >= 4 is 17.8 Å². The lowest BCUT2D eigenvalue weighted by Gasteiger charge is -2.00. The summed E-state index contributed by atoms with van der Waals surface area (Å²) in [6.45, 7) is 5.96. The summed E-state index contributed by atoms with van der Waals surface area (Å²) in [5, 5.41) is 2.99. The van der Waals surface area contributed by atoms with Crippen LogP contribution in [-0.2, 0) is 0 Å². The van der Waals surface area contributed by atoms with Crippen molar-refractivity contribution in [1.82, 2.24) is 24.8 Å². The molecule has 0 aliphatic heterocycles. The van der Waals surface area contributed by atoms with Gasteiger partial charge in [0.2, 0.25) is 0 Å². The molecule has 0 bridgehead atoms. The molecule has 0 aliphatic rings. The summed E-state index contributed by atoms with van der Waals surface area (Å²) in [7, 11) is 1.84. The van der Waals surface area contributed by atoms with Crippen LogP contribution in [0.1, 0.15) is 29.9 Å². The van der Waals surface area contributed by atoms with Gasteiger partial charge in [-0.2, -0.15) is 0 Å². The Labute approximate surface area is 153 Å². The van der Waals surface area contributed by atoms with Gasteiger partial charge in [0.15, 0.2) is 17.8 Å². The van der Waals surface area contributed by atoms with E-state index in [0.29, 0.717) is 5.56 Å². The van der Waals surface area contributed by atoms with E-state index in [1.54, 1.807) is 30.7 Å². The third-order valence-electron chi connectivity index (χ3n) is 3.04. The summed E-state index contributed by atoms with van der Waals surface area (Å²) in [4.78, 5) is 22.1. The molecule has 8 nitrogen and oxygen atoms in total. The number of allylic oxidation sites excluding steroid dienone is 1.